The molecule has 0 saturated carbocycles. The highest BCUT2D eigenvalue weighted by atomic mass is 32.2. The number of hydrogen-bond donors (Lipinski definition) is 2. The Morgan fingerprint density at radius 2 is 1.88 bits per heavy atom. The summed E-state index contributed by atoms with van der Waals surface area (Å²) in [6.45, 7) is 4.20. The predicted molar refractivity (Wildman–Crippen MR) is 116 cm³/mol. The molecule has 1 fully saturated rings. The zero-order valence-corrected chi connectivity index (χ0v) is 18.2. The first-order chi connectivity index (χ1) is 15.5. The molecule has 1 aliphatic heterocycles. The summed E-state index contributed by atoms with van der Waals surface area (Å²) in [4.78, 5) is 9.25. The third-order valence-corrected chi connectivity index (χ3v) is 6.47. The van der Waals surface area contributed by atoms with E-state index >= 15 is 0 Å². The van der Waals surface area contributed by atoms with Gasteiger partial charge in [-0.1, -0.05) is 11.7 Å². The largest absolute Gasteiger partial charge is 0.573 e. The van der Waals surface area contributed by atoms with Crippen molar-refractivity contribution in [1.29, 1.82) is 0 Å². The van der Waals surface area contributed by atoms with Crippen molar-refractivity contribution in [2.24, 2.45) is 5.16 Å². The van der Waals surface area contributed by atoms with E-state index < -0.39 is 22.1 Å². The van der Waals surface area contributed by atoms with Gasteiger partial charge in [-0.2, -0.15) is 4.31 Å². The van der Waals surface area contributed by atoms with Crippen LogP contribution in [-0.4, -0.2) is 49.5 Å². The molecule has 0 amide bonds. The molecule has 1 aliphatic rings. The van der Waals surface area contributed by atoms with E-state index in [1.165, 1.54) is 4.31 Å². The van der Waals surface area contributed by atoms with E-state index in [9.17, 15) is 21.6 Å². The third kappa shape index (κ3) is 6.83. The number of nitrogens with zero attached hydrogens (tertiary/aromatic N) is 3. The fourth-order valence-electron chi connectivity index (χ4n) is 2.97. The van der Waals surface area contributed by atoms with Gasteiger partial charge in [-0.25, -0.2) is 13.4 Å². The molecule has 3 N–H and O–H groups in total. The van der Waals surface area contributed by atoms with Crippen molar-refractivity contribution in [2.75, 3.05) is 30.7 Å². The first-order valence-corrected chi connectivity index (χ1v) is 11.2. The number of benzene rings is 1. The number of pyridine rings is 1. The topological polar surface area (TPSA) is 119 Å². The average Bonchev–Trinajstić information content (AvgIpc) is 2.75. The molecular weight excluding hydrogens is 463 g/mol. The van der Waals surface area contributed by atoms with Gasteiger partial charge in [0.15, 0.2) is 12.4 Å². The normalized spacial score (nSPS) is 15.1. The van der Waals surface area contributed by atoms with E-state index in [2.05, 4.69) is 26.8 Å². The van der Waals surface area contributed by atoms with Crippen LogP contribution in [0.25, 0.3) is 0 Å². The van der Waals surface area contributed by atoms with Crippen LogP contribution in [0.4, 0.5) is 24.7 Å². The van der Waals surface area contributed by atoms with Gasteiger partial charge in [0.1, 0.15) is 5.75 Å². The molecule has 9 nitrogen and oxygen atoms in total. The number of ether oxygens (including phenoxy) is 1. The molecule has 1 aromatic carbocycles. The maximum atomic E-state index is 12.8. The molecule has 3 rings (SSSR count). The first-order valence-electron chi connectivity index (χ1n) is 9.73. The lowest BCUT2D eigenvalue weighted by Gasteiger charge is -2.26. The maximum Gasteiger partial charge on any atom is 0.573 e. The number of aromatic nitrogens is 1. The second-order valence-corrected chi connectivity index (χ2v) is 8.96. The molecule has 13 heteroatoms. The van der Waals surface area contributed by atoms with Crippen LogP contribution in [0.15, 0.2) is 64.9 Å². The number of oxime groups is 1. The molecule has 0 unspecified atom stereocenters. The third-order valence-electron chi connectivity index (χ3n) is 4.56. The predicted octanol–water partition coefficient (Wildman–Crippen LogP) is 3.35. The van der Waals surface area contributed by atoms with Crippen LogP contribution < -0.4 is 15.8 Å². The lowest BCUT2D eigenvalue weighted by atomic mass is 10.1. The number of sulfonamides is 1. The number of rotatable bonds is 8. The first kappa shape index (κ1) is 24.3. The van der Waals surface area contributed by atoms with Crippen molar-refractivity contribution in [3.05, 3.63) is 54.9 Å². The summed E-state index contributed by atoms with van der Waals surface area (Å²) in [5.74, 6) is -0.0382. The van der Waals surface area contributed by atoms with Crippen LogP contribution in [-0.2, 0) is 14.9 Å². The van der Waals surface area contributed by atoms with Crippen LogP contribution in [0.1, 0.15) is 12.8 Å². The average molecular weight is 485 g/mol. The standard InChI is InChI=1S/C20H22F3N5O4S/c1-14(26-19-18(24)3-2-10-25-19)13-31-27-15-8-11-28(12-9-15)33(29,30)17-6-4-16(5-7-17)32-20(21,22)23/h2-7,10H,1,8-9,11-13,24H2,(H,25,26). The van der Waals surface area contributed by atoms with Crippen molar-refractivity contribution in [3.8, 4) is 5.75 Å². The van der Waals surface area contributed by atoms with Crippen molar-refractivity contribution in [1.82, 2.24) is 9.29 Å². The zero-order valence-electron chi connectivity index (χ0n) is 17.4. The molecule has 1 aromatic heterocycles. The van der Waals surface area contributed by atoms with Gasteiger partial charge in [-0.3, -0.25) is 0 Å². The van der Waals surface area contributed by atoms with Gasteiger partial charge < -0.3 is 20.6 Å². The Morgan fingerprint density at radius 1 is 1.21 bits per heavy atom. The molecule has 0 spiro atoms. The molecule has 0 atom stereocenters. The highest BCUT2D eigenvalue weighted by Gasteiger charge is 2.32. The molecule has 0 bridgehead atoms. The summed E-state index contributed by atoms with van der Waals surface area (Å²) in [6.07, 6.45) is -2.57. The number of nitrogen functional groups attached to an aromatic ring is 1. The molecule has 0 radical (unpaired) electrons. The molecule has 178 valence electrons. The number of alkyl halides is 3. The Balaban J connectivity index is 1.49. The summed E-state index contributed by atoms with van der Waals surface area (Å²) in [6, 6.07) is 7.48. The van der Waals surface area contributed by atoms with Gasteiger partial charge in [-0.05, 0) is 36.4 Å². The summed E-state index contributed by atoms with van der Waals surface area (Å²) >= 11 is 0. The molecule has 2 heterocycles. The summed E-state index contributed by atoms with van der Waals surface area (Å²) in [7, 11) is -3.86. The van der Waals surface area contributed by atoms with E-state index in [0.29, 0.717) is 35.8 Å². The quantitative estimate of drug-likeness (QED) is 0.551. The minimum absolute atomic E-state index is 0.0634. The lowest BCUT2D eigenvalue weighted by Crippen LogP contribution is -2.38. The summed E-state index contributed by atoms with van der Waals surface area (Å²) < 4.78 is 67.3. The van der Waals surface area contributed by atoms with Gasteiger partial charge in [-0.15, -0.1) is 13.2 Å². The number of hydrogen-bond acceptors (Lipinski definition) is 8. The second-order valence-electron chi connectivity index (χ2n) is 7.02. The molecule has 33 heavy (non-hydrogen) atoms. The molecule has 0 aliphatic carbocycles. The van der Waals surface area contributed by atoms with Crippen molar-refractivity contribution >= 4 is 27.2 Å². The van der Waals surface area contributed by atoms with Gasteiger partial charge in [0.2, 0.25) is 10.0 Å². The second kappa shape index (κ2) is 10.1. The van der Waals surface area contributed by atoms with Gasteiger partial charge in [0.25, 0.3) is 0 Å². The van der Waals surface area contributed by atoms with E-state index in [4.69, 9.17) is 10.6 Å². The Morgan fingerprint density at radius 3 is 2.48 bits per heavy atom. The number of anilines is 2. The van der Waals surface area contributed by atoms with Crippen LogP contribution in [0.5, 0.6) is 5.75 Å². The highest BCUT2D eigenvalue weighted by molar-refractivity contribution is 7.89. The van der Waals surface area contributed by atoms with Crippen LogP contribution >= 0.6 is 0 Å². The summed E-state index contributed by atoms with van der Waals surface area (Å²) in [5, 5.41) is 6.97. The number of nitrogens with two attached hydrogens (primary N) is 1. The highest BCUT2D eigenvalue weighted by Crippen LogP contribution is 2.26. The minimum atomic E-state index is -4.85. The number of halogens is 3. The van der Waals surface area contributed by atoms with Crippen molar-refractivity contribution in [3.63, 3.8) is 0 Å². The molecule has 2 aromatic rings. The van der Waals surface area contributed by atoms with Gasteiger partial charge in [0, 0.05) is 37.8 Å². The smallest absolute Gasteiger partial charge is 0.406 e. The van der Waals surface area contributed by atoms with E-state index in [0.717, 1.165) is 24.3 Å². The van der Waals surface area contributed by atoms with E-state index in [-0.39, 0.29) is 24.6 Å². The Bertz CT molecular complexity index is 1110. The zero-order chi connectivity index (χ0) is 24.1. The van der Waals surface area contributed by atoms with Gasteiger partial charge >= 0.3 is 6.36 Å². The van der Waals surface area contributed by atoms with Crippen molar-refractivity contribution < 1.29 is 31.2 Å². The Hall–Kier alpha value is -3.32. The Labute approximate surface area is 188 Å². The van der Waals surface area contributed by atoms with E-state index in [1.54, 1.807) is 18.3 Å². The summed E-state index contributed by atoms with van der Waals surface area (Å²) in [5.41, 5.74) is 7.43. The van der Waals surface area contributed by atoms with E-state index in [1.807, 2.05) is 0 Å². The van der Waals surface area contributed by atoms with Crippen LogP contribution in [0.2, 0.25) is 0 Å². The number of piperidine rings is 1. The Kier molecular flexibility index (Phi) is 7.43. The van der Waals surface area contributed by atoms with Crippen molar-refractivity contribution in [2.45, 2.75) is 24.1 Å². The molecular formula is C20H22F3N5O4S. The van der Waals surface area contributed by atoms with Gasteiger partial charge in [0.05, 0.1) is 16.3 Å². The lowest BCUT2D eigenvalue weighted by molar-refractivity contribution is -0.274. The van der Waals surface area contributed by atoms with Crippen LogP contribution in [0, 0.1) is 0 Å². The minimum Gasteiger partial charge on any atom is -0.406 e. The fraction of sp³-hybridized carbons (Fsp3) is 0.300. The SMILES string of the molecule is C=C(CON=C1CCN(S(=O)(=O)c2ccc(OC(F)(F)F)cc2)CC1)Nc1ncccc1N. The monoisotopic (exact) mass is 485 g/mol. The van der Waals surface area contributed by atoms with Crippen LogP contribution in [0.3, 0.4) is 0 Å². The molecule has 1 saturated heterocycles. The number of nitrogens with one attached hydrogen (secondary N) is 1. The maximum absolute atomic E-state index is 12.8. The fourth-order valence-corrected chi connectivity index (χ4v) is 4.41.